The quantitative estimate of drug-likeness (QED) is 0.919. The molecule has 1 aromatic carbocycles. The number of methoxy groups -OCH3 is 1. The first-order chi connectivity index (χ1) is 10.1. The molecule has 0 saturated carbocycles. The molecule has 0 bridgehead atoms. The predicted molar refractivity (Wildman–Crippen MR) is 80.6 cm³/mol. The molecule has 21 heavy (non-hydrogen) atoms. The molecule has 116 valence electrons. The standard InChI is InChI=1S/C16H24N2O3/c1-16(19-2)6-3-7-18(10-16)13(9-17)12-4-5-14-15(8-12)21-11-20-14/h4-5,8,13H,3,6-7,9-11,17H2,1-2H3. The van der Waals surface area contributed by atoms with Crippen LogP contribution >= 0.6 is 0 Å². The van der Waals surface area contributed by atoms with Crippen molar-refractivity contribution in [2.45, 2.75) is 31.4 Å². The number of ether oxygens (including phenoxy) is 3. The summed E-state index contributed by atoms with van der Waals surface area (Å²) < 4.78 is 16.5. The Hall–Kier alpha value is -1.30. The molecular weight excluding hydrogens is 268 g/mol. The van der Waals surface area contributed by atoms with Gasteiger partial charge in [0.05, 0.1) is 5.60 Å². The van der Waals surface area contributed by atoms with Crippen molar-refractivity contribution in [2.24, 2.45) is 5.73 Å². The van der Waals surface area contributed by atoms with Crippen LogP contribution in [0.2, 0.25) is 0 Å². The zero-order chi connectivity index (χ0) is 14.9. The third-order valence-electron chi connectivity index (χ3n) is 4.63. The molecule has 2 aliphatic rings. The van der Waals surface area contributed by atoms with Gasteiger partial charge in [-0.1, -0.05) is 6.07 Å². The maximum atomic E-state index is 6.06. The van der Waals surface area contributed by atoms with Crippen LogP contribution in [-0.2, 0) is 4.74 Å². The van der Waals surface area contributed by atoms with Gasteiger partial charge in [-0.25, -0.2) is 0 Å². The van der Waals surface area contributed by atoms with Crippen molar-refractivity contribution in [1.82, 2.24) is 4.90 Å². The molecule has 0 aromatic heterocycles. The zero-order valence-corrected chi connectivity index (χ0v) is 12.8. The molecule has 5 nitrogen and oxygen atoms in total. The highest BCUT2D eigenvalue weighted by atomic mass is 16.7. The Kier molecular flexibility index (Phi) is 4.06. The fourth-order valence-corrected chi connectivity index (χ4v) is 3.29. The monoisotopic (exact) mass is 292 g/mol. The van der Waals surface area contributed by atoms with Crippen molar-refractivity contribution >= 4 is 0 Å². The van der Waals surface area contributed by atoms with E-state index >= 15 is 0 Å². The molecule has 5 heteroatoms. The summed E-state index contributed by atoms with van der Waals surface area (Å²) in [6.07, 6.45) is 2.23. The van der Waals surface area contributed by atoms with Crippen LogP contribution in [0.5, 0.6) is 11.5 Å². The molecule has 0 spiro atoms. The van der Waals surface area contributed by atoms with Gasteiger partial charge in [-0.05, 0) is 44.0 Å². The van der Waals surface area contributed by atoms with Gasteiger partial charge < -0.3 is 19.9 Å². The number of rotatable bonds is 4. The van der Waals surface area contributed by atoms with E-state index in [9.17, 15) is 0 Å². The highest BCUT2D eigenvalue weighted by Gasteiger charge is 2.34. The van der Waals surface area contributed by atoms with Crippen LogP contribution in [0.25, 0.3) is 0 Å². The number of likely N-dealkylation sites (tertiary alicyclic amines) is 1. The maximum absolute atomic E-state index is 6.06. The van der Waals surface area contributed by atoms with Crippen LogP contribution in [0.3, 0.4) is 0 Å². The van der Waals surface area contributed by atoms with Gasteiger partial charge in [-0.2, -0.15) is 0 Å². The highest BCUT2D eigenvalue weighted by molar-refractivity contribution is 5.45. The van der Waals surface area contributed by atoms with Gasteiger partial charge in [-0.3, -0.25) is 4.90 Å². The normalized spacial score (nSPS) is 26.8. The van der Waals surface area contributed by atoms with Crippen LogP contribution < -0.4 is 15.2 Å². The zero-order valence-electron chi connectivity index (χ0n) is 12.8. The number of nitrogens with zero attached hydrogens (tertiary/aromatic N) is 1. The number of piperidine rings is 1. The lowest BCUT2D eigenvalue weighted by molar-refractivity contribution is -0.0608. The van der Waals surface area contributed by atoms with Crippen LogP contribution in [-0.4, -0.2) is 44.0 Å². The van der Waals surface area contributed by atoms with Crippen molar-refractivity contribution in [3.05, 3.63) is 23.8 Å². The van der Waals surface area contributed by atoms with Gasteiger partial charge in [-0.15, -0.1) is 0 Å². The smallest absolute Gasteiger partial charge is 0.231 e. The molecule has 0 amide bonds. The Morgan fingerprint density at radius 1 is 1.38 bits per heavy atom. The van der Waals surface area contributed by atoms with Gasteiger partial charge in [0.1, 0.15) is 0 Å². The molecule has 0 radical (unpaired) electrons. The first-order valence-electron chi connectivity index (χ1n) is 7.54. The van der Waals surface area contributed by atoms with Crippen LogP contribution in [0.4, 0.5) is 0 Å². The summed E-state index contributed by atoms with van der Waals surface area (Å²) in [6, 6.07) is 6.30. The van der Waals surface area contributed by atoms with Crippen molar-refractivity contribution in [2.75, 3.05) is 33.5 Å². The summed E-state index contributed by atoms with van der Waals surface area (Å²) in [5, 5.41) is 0. The summed E-state index contributed by atoms with van der Waals surface area (Å²) >= 11 is 0. The summed E-state index contributed by atoms with van der Waals surface area (Å²) in [5.74, 6) is 1.63. The van der Waals surface area contributed by atoms with Gasteiger partial charge in [0, 0.05) is 26.2 Å². The number of nitrogens with two attached hydrogens (primary N) is 1. The first kappa shape index (κ1) is 14.6. The molecule has 2 N–H and O–H groups in total. The average molecular weight is 292 g/mol. The molecule has 2 aliphatic heterocycles. The van der Waals surface area contributed by atoms with E-state index in [2.05, 4.69) is 24.0 Å². The lowest BCUT2D eigenvalue weighted by Crippen LogP contribution is -2.49. The largest absolute Gasteiger partial charge is 0.454 e. The van der Waals surface area contributed by atoms with E-state index in [0.29, 0.717) is 13.3 Å². The third kappa shape index (κ3) is 2.86. The fraction of sp³-hybridized carbons (Fsp3) is 0.625. The average Bonchev–Trinajstić information content (AvgIpc) is 2.96. The second-order valence-electron chi connectivity index (χ2n) is 6.09. The molecule has 2 unspecified atom stereocenters. The second kappa shape index (κ2) is 5.83. The number of benzene rings is 1. The summed E-state index contributed by atoms with van der Waals surface area (Å²) in [5.41, 5.74) is 7.16. The Morgan fingerprint density at radius 2 is 2.19 bits per heavy atom. The molecule has 0 aliphatic carbocycles. The minimum absolute atomic E-state index is 0.0813. The summed E-state index contributed by atoms with van der Waals surface area (Å²) in [7, 11) is 1.79. The minimum Gasteiger partial charge on any atom is -0.454 e. The highest BCUT2D eigenvalue weighted by Crippen LogP contribution is 2.36. The van der Waals surface area contributed by atoms with Crippen molar-refractivity contribution in [1.29, 1.82) is 0 Å². The van der Waals surface area contributed by atoms with Crippen LogP contribution in [0.15, 0.2) is 18.2 Å². The van der Waals surface area contributed by atoms with Gasteiger partial charge in [0.2, 0.25) is 6.79 Å². The molecular formula is C16H24N2O3. The van der Waals surface area contributed by atoms with E-state index in [-0.39, 0.29) is 11.6 Å². The molecule has 3 rings (SSSR count). The maximum Gasteiger partial charge on any atom is 0.231 e. The molecule has 2 atom stereocenters. The van der Waals surface area contributed by atoms with Gasteiger partial charge in [0.25, 0.3) is 0 Å². The number of hydrogen-bond donors (Lipinski definition) is 1. The minimum atomic E-state index is -0.0813. The SMILES string of the molecule is COC1(C)CCCN(C(CN)c2ccc3c(c2)OCO3)C1. The molecule has 1 aromatic rings. The number of hydrogen-bond acceptors (Lipinski definition) is 5. The van der Waals surface area contributed by atoms with Crippen LogP contribution in [0, 0.1) is 0 Å². The molecule has 2 heterocycles. The summed E-state index contributed by atoms with van der Waals surface area (Å²) in [6.45, 7) is 5.01. The molecule has 1 saturated heterocycles. The van der Waals surface area contributed by atoms with Gasteiger partial charge in [0.15, 0.2) is 11.5 Å². The van der Waals surface area contributed by atoms with E-state index in [1.54, 1.807) is 7.11 Å². The fourth-order valence-electron chi connectivity index (χ4n) is 3.29. The third-order valence-corrected chi connectivity index (χ3v) is 4.63. The first-order valence-corrected chi connectivity index (χ1v) is 7.54. The van der Waals surface area contributed by atoms with Gasteiger partial charge >= 0.3 is 0 Å². The van der Waals surface area contributed by atoms with Crippen molar-refractivity contribution < 1.29 is 14.2 Å². The lowest BCUT2D eigenvalue weighted by atomic mass is 9.92. The summed E-state index contributed by atoms with van der Waals surface area (Å²) in [4.78, 5) is 2.42. The predicted octanol–water partition coefficient (Wildman–Crippen LogP) is 1.92. The Bertz CT molecular complexity index is 508. The van der Waals surface area contributed by atoms with E-state index in [4.69, 9.17) is 19.9 Å². The van der Waals surface area contributed by atoms with E-state index < -0.39 is 0 Å². The van der Waals surface area contributed by atoms with E-state index in [0.717, 1.165) is 37.4 Å². The Morgan fingerprint density at radius 3 is 2.95 bits per heavy atom. The topological polar surface area (TPSA) is 57.0 Å². The van der Waals surface area contributed by atoms with Crippen LogP contribution in [0.1, 0.15) is 31.4 Å². The van der Waals surface area contributed by atoms with Crippen molar-refractivity contribution in [3.8, 4) is 11.5 Å². The molecule has 1 fully saturated rings. The van der Waals surface area contributed by atoms with E-state index in [1.165, 1.54) is 5.56 Å². The Labute approximate surface area is 126 Å². The second-order valence-corrected chi connectivity index (χ2v) is 6.09. The number of fused-ring (bicyclic) bond motifs is 1. The van der Waals surface area contributed by atoms with Crippen molar-refractivity contribution in [3.63, 3.8) is 0 Å². The Balaban J connectivity index is 1.81. The lowest BCUT2D eigenvalue weighted by Gasteiger charge is -2.43. The van der Waals surface area contributed by atoms with E-state index in [1.807, 2.05) is 6.07 Å².